The van der Waals surface area contributed by atoms with Gasteiger partial charge in [-0.15, -0.1) is 0 Å². The van der Waals surface area contributed by atoms with E-state index < -0.39 is 24.1 Å². The SMILES string of the molecule is O=C(NC1(CN2CCCC2C2CC2)CC1)c1ccc(-c2noc(C(F)(F)F)n2)cc1.O=C(NC1(CN2CCCC2C2CC2)CC1)c1ccc(-c2noc(C(F)(F)F)n2)cc1. The summed E-state index contributed by atoms with van der Waals surface area (Å²) in [5.41, 5.74) is 1.34. The van der Waals surface area contributed by atoms with Gasteiger partial charge in [-0.1, -0.05) is 34.6 Å². The van der Waals surface area contributed by atoms with Gasteiger partial charge in [0.05, 0.1) is 11.1 Å². The van der Waals surface area contributed by atoms with E-state index in [1.165, 1.54) is 75.6 Å². The van der Waals surface area contributed by atoms with Gasteiger partial charge in [0.25, 0.3) is 11.8 Å². The van der Waals surface area contributed by atoms with Crippen LogP contribution in [0.25, 0.3) is 22.8 Å². The number of alkyl halides is 6. The standard InChI is InChI=1S/2C21H23F3N4O2/c2*22-21(23,24)19-25-17(27-30-19)14-5-7-15(8-6-14)18(29)26-20(9-10-20)12-28-11-1-2-16(28)13-3-4-13/h2*5-8,13,16H,1-4,9-12H2,(H,26,29). The Hall–Kier alpha value is -4.84. The first kappa shape index (κ1) is 40.6. The third-order valence-corrected chi connectivity index (χ3v) is 12.8. The van der Waals surface area contributed by atoms with Crippen LogP contribution in [0.2, 0.25) is 0 Å². The molecule has 0 spiro atoms. The molecule has 0 radical (unpaired) electrons. The van der Waals surface area contributed by atoms with Crippen molar-refractivity contribution in [3.63, 3.8) is 0 Å². The van der Waals surface area contributed by atoms with E-state index in [4.69, 9.17) is 0 Å². The summed E-state index contributed by atoms with van der Waals surface area (Å²) in [7, 11) is 0. The Morgan fingerprint density at radius 3 is 1.27 bits per heavy atom. The monoisotopic (exact) mass is 840 g/mol. The van der Waals surface area contributed by atoms with E-state index in [2.05, 4.69) is 49.8 Å². The van der Waals surface area contributed by atoms with Crippen LogP contribution in [0.1, 0.15) is 110 Å². The van der Waals surface area contributed by atoms with Gasteiger partial charge in [-0.25, -0.2) is 0 Å². The Morgan fingerprint density at radius 1 is 0.600 bits per heavy atom. The van der Waals surface area contributed by atoms with Gasteiger partial charge in [-0.3, -0.25) is 19.4 Å². The zero-order valence-corrected chi connectivity index (χ0v) is 32.8. The van der Waals surface area contributed by atoms with Crippen molar-refractivity contribution in [2.45, 2.75) is 113 Å². The lowest BCUT2D eigenvalue weighted by atomic mass is 10.1. The minimum Gasteiger partial charge on any atom is -0.345 e. The fourth-order valence-electron chi connectivity index (χ4n) is 8.93. The van der Waals surface area contributed by atoms with Gasteiger partial charge in [0.2, 0.25) is 11.6 Å². The Kier molecular flexibility index (Phi) is 10.5. The topological polar surface area (TPSA) is 143 Å². The van der Waals surface area contributed by atoms with Gasteiger partial charge in [0, 0.05) is 47.4 Å². The van der Waals surface area contributed by atoms with Crippen LogP contribution in [0, 0.1) is 11.8 Å². The summed E-state index contributed by atoms with van der Waals surface area (Å²) in [6.07, 6.45) is 4.88. The van der Waals surface area contributed by atoms with Gasteiger partial charge in [-0.2, -0.15) is 36.3 Å². The molecule has 320 valence electrons. The number of halogens is 6. The van der Waals surface area contributed by atoms with Crippen molar-refractivity contribution in [3.8, 4) is 22.8 Å². The first-order valence-electron chi connectivity index (χ1n) is 20.8. The lowest BCUT2D eigenvalue weighted by Crippen LogP contribution is -2.47. The molecule has 2 unspecified atom stereocenters. The van der Waals surface area contributed by atoms with E-state index in [1.54, 1.807) is 24.3 Å². The van der Waals surface area contributed by atoms with Crippen molar-refractivity contribution in [2.75, 3.05) is 26.2 Å². The molecule has 2 aliphatic heterocycles. The molecular formula is C42H46F6N8O4. The smallest absolute Gasteiger partial charge is 0.345 e. The molecule has 2 atom stereocenters. The highest BCUT2D eigenvalue weighted by molar-refractivity contribution is 5.96. The van der Waals surface area contributed by atoms with Crippen molar-refractivity contribution in [1.29, 1.82) is 0 Å². The first-order valence-corrected chi connectivity index (χ1v) is 20.8. The summed E-state index contributed by atoms with van der Waals surface area (Å²) in [6.45, 7) is 4.03. The van der Waals surface area contributed by atoms with Gasteiger partial charge in [0.15, 0.2) is 0 Å². The van der Waals surface area contributed by atoms with E-state index in [0.717, 1.165) is 63.7 Å². The molecule has 2 aromatic carbocycles. The summed E-state index contributed by atoms with van der Waals surface area (Å²) in [6, 6.07) is 13.8. The average Bonchev–Trinajstić information content (AvgIpc) is 4.20. The van der Waals surface area contributed by atoms with Crippen molar-refractivity contribution in [1.82, 2.24) is 40.7 Å². The Balaban J connectivity index is 0.000000154. The Morgan fingerprint density at radius 2 is 0.967 bits per heavy atom. The molecule has 2 N–H and O–H groups in total. The van der Waals surface area contributed by atoms with Crippen molar-refractivity contribution in [3.05, 3.63) is 71.4 Å². The maximum Gasteiger partial charge on any atom is 0.471 e. The number of hydrogen-bond donors (Lipinski definition) is 2. The molecule has 6 fully saturated rings. The minimum atomic E-state index is -4.68. The minimum absolute atomic E-state index is 0.150. The third kappa shape index (κ3) is 9.23. The van der Waals surface area contributed by atoms with Crippen molar-refractivity contribution in [2.24, 2.45) is 11.8 Å². The Bertz CT molecular complexity index is 2020. The second-order valence-corrected chi connectivity index (χ2v) is 17.5. The van der Waals surface area contributed by atoms with Crippen LogP contribution in [0.15, 0.2) is 57.6 Å². The van der Waals surface area contributed by atoms with Crippen molar-refractivity contribution >= 4 is 11.8 Å². The lowest BCUT2D eigenvalue weighted by Gasteiger charge is -2.29. The number of rotatable bonds is 12. The molecule has 2 amide bonds. The number of nitrogens with zero attached hydrogens (tertiary/aromatic N) is 6. The second kappa shape index (κ2) is 15.6. The molecule has 2 saturated heterocycles. The average molecular weight is 841 g/mol. The zero-order valence-electron chi connectivity index (χ0n) is 32.8. The number of benzene rings is 2. The van der Waals surface area contributed by atoms with Gasteiger partial charge < -0.3 is 19.7 Å². The molecular weight excluding hydrogens is 795 g/mol. The van der Waals surface area contributed by atoms with Gasteiger partial charge in [-0.05, 0) is 126 Å². The maximum atomic E-state index is 12.8. The maximum absolute atomic E-state index is 12.8. The van der Waals surface area contributed by atoms with Crippen LogP contribution in [-0.4, -0.2) is 91.2 Å². The molecule has 4 saturated carbocycles. The van der Waals surface area contributed by atoms with E-state index in [1.807, 2.05) is 0 Å². The number of hydrogen-bond acceptors (Lipinski definition) is 10. The molecule has 4 aromatic rings. The number of likely N-dealkylation sites (tertiary alicyclic amines) is 2. The number of amides is 2. The van der Waals surface area contributed by atoms with E-state index in [9.17, 15) is 35.9 Å². The lowest BCUT2D eigenvalue weighted by molar-refractivity contribution is -0.160. The van der Waals surface area contributed by atoms with Crippen LogP contribution in [0.5, 0.6) is 0 Å². The molecule has 4 heterocycles. The van der Waals surface area contributed by atoms with Crippen LogP contribution in [0.3, 0.4) is 0 Å². The summed E-state index contributed by atoms with van der Waals surface area (Å²) in [4.78, 5) is 37.4. The fourth-order valence-corrected chi connectivity index (χ4v) is 8.93. The molecule has 0 bridgehead atoms. The highest BCUT2D eigenvalue weighted by atomic mass is 19.4. The number of carbonyl (C=O) groups is 2. The predicted octanol–water partition coefficient (Wildman–Crippen LogP) is 7.78. The number of carbonyl (C=O) groups excluding carboxylic acids is 2. The first-order chi connectivity index (χ1) is 28.7. The van der Waals surface area contributed by atoms with Gasteiger partial charge in [0.1, 0.15) is 0 Å². The summed E-state index contributed by atoms with van der Waals surface area (Å²) < 4.78 is 84.2. The second-order valence-electron chi connectivity index (χ2n) is 17.5. The van der Waals surface area contributed by atoms with Crippen LogP contribution < -0.4 is 10.6 Å². The predicted molar refractivity (Wildman–Crippen MR) is 203 cm³/mol. The van der Waals surface area contributed by atoms with Crippen molar-refractivity contribution < 1.29 is 45.0 Å². The normalized spacial score (nSPS) is 23.5. The molecule has 60 heavy (non-hydrogen) atoms. The third-order valence-electron chi connectivity index (χ3n) is 12.8. The summed E-state index contributed by atoms with van der Waals surface area (Å²) >= 11 is 0. The van der Waals surface area contributed by atoms with Crippen LogP contribution >= 0.6 is 0 Å². The largest absolute Gasteiger partial charge is 0.471 e. The zero-order chi connectivity index (χ0) is 41.9. The van der Waals surface area contributed by atoms with Crippen LogP contribution in [-0.2, 0) is 12.4 Å². The fraction of sp³-hybridized carbons (Fsp3) is 0.571. The summed E-state index contributed by atoms with van der Waals surface area (Å²) in [5, 5.41) is 13.1. The molecule has 2 aromatic heterocycles. The molecule has 6 aliphatic rings. The number of aromatic nitrogens is 4. The van der Waals surface area contributed by atoms with E-state index in [0.29, 0.717) is 34.3 Å². The molecule has 18 heteroatoms. The quantitative estimate of drug-likeness (QED) is 0.136. The molecule has 10 rings (SSSR count). The molecule has 4 aliphatic carbocycles. The van der Waals surface area contributed by atoms with Gasteiger partial charge >= 0.3 is 24.1 Å². The van der Waals surface area contributed by atoms with E-state index in [-0.39, 0.29) is 34.5 Å². The van der Waals surface area contributed by atoms with E-state index >= 15 is 0 Å². The highest BCUT2D eigenvalue weighted by Gasteiger charge is 2.50. The highest BCUT2D eigenvalue weighted by Crippen LogP contribution is 2.45. The summed E-state index contributed by atoms with van der Waals surface area (Å²) in [5.74, 6) is -1.73. The number of nitrogens with one attached hydrogen (secondary N) is 2. The molecule has 12 nitrogen and oxygen atoms in total. The van der Waals surface area contributed by atoms with Crippen LogP contribution in [0.4, 0.5) is 26.3 Å². The Labute approximate surface area is 341 Å².